The van der Waals surface area contributed by atoms with Crippen molar-refractivity contribution >= 4 is 58.5 Å². The Balaban J connectivity index is 1.55. The molecule has 4 heterocycles. The second-order valence-corrected chi connectivity index (χ2v) is 14.4. The third-order valence-corrected chi connectivity index (χ3v) is 8.60. The lowest BCUT2D eigenvalue weighted by atomic mass is 9.48. The summed E-state index contributed by atoms with van der Waals surface area (Å²) in [4.78, 5) is 55.0. The van der Waals surface area contributed by atoms with Crippen LogP contribution in [0, 0.1) is 5.82 Å². The van der Waals surface area contributed by atoms with E-state index >= 15 is 4.39 Å². The van der Waals surface area contributed by atoms with Gasteiger partial charge in [-0.2, -0.15) is 8.78 Å². The van der Waals surface area contributed by atoms with Gasteiger partial charge in [-0.3, -0.25) is 4.79 Å². The first kappa shape index (κ1) is 35.6. The molecule has 19 heteroatoms. The van der Waals surface area contributed by atoms with Gasteiger partial charge < -0.3 is 34.3 Å². The van der Waals surface area contributed by atoms with Crippen LogP contribution in [0.1, 0.15) is 61.0 Å². The summed E-state index contributed by atoms with van der Waals surface area (Å²) in [6, 6.07) is 4.69. The van der Waals surface area contributed by atoms with Crippen LogP contribution in [0.25, 0.3) is 22.2 Å². The zero-order valence-electron chi connectivity index (χ0n) is 28.9. The van der Waals surface area contributed by atoms with E-state index in [1.54, 1.807) is 53.8 Å². The minimum absolute atomic E-state index is 0.00656. The molecule has 2 N–H and O–H groups in total. The Hall–Kier alpha value is -5.22. The number of nitrogens with one attached hydrogen (secondary N) is 1. The van der Waals surface area contributed by atoms with Crippen LogP contribution in [-0.2, 0) is 9.53 Å². The van der Waals surface area contributed by atoms with Crippen molar-refractivity contribution < 1.29 is 42.1 Å². The molecule has 2 aromatic carbocycles. The number of amides is 2. The number of aromatic nitrogens is 4. The number of alkyl halides is 2. The van der Waals surface area contributed by atoms with Crippen molar-refractivity contribution in [3.05, 3.63) is 65.5 Å². The summed E-state index contributed by atoms with van der Waals surface area (Å²) >= 11 is 0. The maximum atomic E-state index is 15.9. The van der Waals surface area contributed by atoms with Crippen molar-refractivity contribution in [2.45, 2.75) is 56.7 Å². The van der Waals surface area contributed by atoms with Gasteiger partial charge >= 0.3 is 18.7 Å². The highest BCUT2D eigenvalue weighted by Crippen LogP contribution is 2.49. The number of imidazole rings is 1. The molecule has 2 aliphatic heterocycles. The number of hydrogen-bond acceptors (Lipinski definition) is 9. The summed E-state index contributed by atoms with van der Waals surface area (Å²) in [6.45, 7) is 2.91. The summed E-state index contributed by atoms with van der Waals surface area (Å²) < 4.78 is 55.7. The number of rotatable bonds is 8. The van der Waals surface area contributed by atoms with E-state index in [1.807, 2.05) is 0 Å². The molecule has 4 aromatic rings. The second-order valence-electron chi connectivity index (χ2n) is 14.4. The molecule has 0 aliphatic carbocycles. The first-order valence-corrected chi connectivity index (χ1v) is 16.3. The lowest BCUT2D eigenvalue weighted by Gasteiger charge is -2.41. The molecule has 2 aliphatic rings. The smallest absolute Gasteiger partial charge is 0.409 e. The maximum absolute atomic E-state index is 15.9. The Kier molecular flexibility index (Phi) is 9.18. The zero-order valence-corrected chi connectivity index (χ0v) is 28.9. The number of anilines is 1. The molecule has 2 atom stereocenters. The number of carboxylic acid groups (broad SMARTS) is 1. The Bertz CT molecular complexity index is 2020. The number of hydrogen-bond donors (Lipinski definition) is 2. The Morgan fingerprint density at radius 1 is 1.14 bits per heavy atom. The molecule has 264 valence electrons. The third-order valence-electron chi connectivity index (χ3n) is 8.60. The van der Waals surface area contributed by atoms with E-state index < -0.39 is 47.4 Å². The van der Waals surface area contributed by atoms with Gasteiger partial charge in [0, 0.05) is 54.7 Å². The van der Waals surface area contributed by atoms with Crippen LogP contribution >= 0.6 is 0 Å². The van der Waals surface area contributed by atoms with Gasteiger partial charge in [-0.05, 0) is 44.2 Å². The van der Waals surface area contributed by atoms with Crippen molar-refractivity contribution in [3.8, 4) is 16.9 Å². The molecule has 6 rings (SSSR count). The quantitative estimate of drug-likeness (QED) is 0.260. The van der Waals surface area contributed by atoms with Crippen LogP contribution in [0.3, 0.4) is 0 Å². The van der Waals surface area contributed by atoms with Crippen LogP contribution in [0.5, 0.6) is 5.75 Å². The monoisotopic (exact) mass is 703 g/mol. The lowest BCUT2D eigenvalue weighted by molar-refractivity contribution is -0.120. The van der Waals surface area contributed by atoms with E-state index in [0.29, 0.717) is 30.1 Å². The van der Waals surface area contributed by atoms with Gasteiger partial charge in [0.25, 0.3) is 0 Å². The molecule has 0 bridgehead atoms. The maximum Gasteiger partial charge on any atom is 0.409 e. The van der Waals surface area contributed by atoms with Gasteiger partial charge in [-0.25, -0.2) is 28.9 Å². The normalized spacial score (nSPS) is 17.7. The largest absolute Gasteiger partial charge is 0.478 e. The van der Waals surface area contributed by atoms with E-state index in [9.17, 15) is 28.3 Å². The number of nitrogens with zero attached hydrogens (tertiary/aromatic N) is 6. The molecule has 2 amide bonds. The van der Waals surface area contributed by atoms with E-state index in [4.69, 9.17) is 14.5 Å². The van der Waals surface area contributed by atoms with Crippen LogP contribution in [0.2, 0.25) is 0 Å². The molecule has 0 saturated carbocycles. The third kappa shape index (κ3) is 7.06. The average molecular weight is 703 g/mol. The molecule has 0 spiro atoms. The van der Waals surface area contributed by atoms with Crippen LogP contribution in [-0.4, -0.2) is 108 Å². The highest BCUT2D eigenvalue weighted by Gasteiger charge is 2.46. The first-order chi connectivity index (χ1) is 23.9. The van der Waals surface area contributed by atoms with Gasteiger partial charge in [0.2, 0.25) is 11.9 Å². The number of halogens is 3. The number of carboxylic acids is 1. The van der Waals surface area contributed by atoms with E-state index in [2.05, 4.69) is 15.3 Å². The molecule has 0 radical (unpaired) electrons. The molecule has 51 heavy (non-hydrogen) atoms. The number of ether oxygens (including phenoxy) is 2. The van der Waals surface area contributed by atoms with Crippen molar-refractivity contribution in [3.63, 3.8) is 0 Å². The predicted octanol–water partition coefficient (Wildman–Crippen LogP) is 1.65. The molecule has 1 fully saturated rings. The van der Waals surface area contributed by atoms with E-state index in [-0.39, 0.29) is 52.7 Å². The second kappa shape index (κ2) is 13.2. The number of aromatic carboxylic acids is 1. The van der Waals surface area contributed by atoms with Gasteiger partial charge in [-0.1, -0.05) is 6.07 Å². The number of piperazine rings is 1. The number of benzene rings is 2. The summed E-state index contributed by atoms with van der Waals surface area (Å²) in [5.74, 6) is -2.01. The highest BCUT2D eigenvalue weighted by atomic mass is 19.3. The fourth-order valence-electron chi connectivity index (χ4n) is 6.69. The van der Waals surface area contributed by atoms with E-state index in [0.717, 1.165) is 0 Å². The molecule has 2 aromatic heterocycles. The van der Waals surface area contributed by atoms with Gasteiger partial charge in [0.1, 0.15) is 46.5 Å². The fourth-order valence-corrected chi connectivity index (χ4v) is 6.69. The zero-order chi connectivity index (χ0) is 37.0. The Morgan fingerprint density at radius 2 is 1.84 bits per heavy atom. The van der Waals surface area contributed by atoms with Crippen molar-refractivity contribution in [1.29, 1.82) is 0 Å². The van der Waals surface area contributed by atoms with E-state index in [1.165, 1.54) is 47.6 Å². The number of carbonyl (C=O) groups excluding carboxylic acids is 2. The molecule has 13 nitrogen and oxygen atoms in total. The van der Waals surface area contributed by atoms with Crippen LogP contribution in [0.15, 0.2) is 42.7 Å². The van der Waals surface area contributed by atoms with Gasteiger partial charge in [0.05, 0.1) is 35.2 Å². The van der Waals surface area contributed by atoms with Crippen molar-refractivity contribution in [2.75, 3.05) is 24.5 Å². The topological polar surface area (TPSA) is 152 Å². The Morgan fingerprint density at radius 3 is 2.45 bits per heavy atom. The highest BCUT2D eigenvalue weighted by molar-refractivity contribution is 6.59. The Labute approximate surface area is 293 Å². The van der Waals surface area contributed by atoms with Crippen molar-refractivity contribution in [1.82, 2.24) is 29.7 Å². The van der Waals surface area contributed by atoms with Crippen LogP contribution in [0.4, 0.5) is 23.9 Å². The summed E-state index contributed by atoms with van der Waals surface area (Å²) in [6.07, 6.45) is 2.19. The number of carbonyl (C=O) groups is 3. The SMILES string of the molecule is BC(B)(B)N(C(=O)OC(C)(C)C)[C@@H]1CC(c2c(OC(F)F)cccc2C(=O)O)n2c1nc1cc(F)c(-c3cnc(N4CCNC(=O)C4)nc3)cc12. The minimum atomic E-state index is -3.26. The summed E-state index contributed by atoms with van der Waals surface area (Å²) in [5.41, 5.74) is -0.306. The first-order valence-electron chi connectivity index (χ1n) is 16.3. The summed E-state index contributed by atoms with van der Waals surface area (Å²) in [5, 5.41) is 12.1. The van der Waals surface area contributed by atoms with Crippen LogP contribution < -0.4 is 15.0 Å². The van der Waals surface area contributed by atoms with Gasteiger partial charge in [0.15, 0.2) is 0 Å². The lowest BCUT2D eigenvalue weighted by Crippen LogP contribution is -2.56. The predicted molar refractivity (Wildman–Crippen MR) is 188 cm³/mol. The fraction of sp³-hybridized carbons (Fsp3) is 0.375. The average Bonchev–Trinajstić information content (AvgIpc) is 3.55. The molecule has 1 unspecified atom stereocenters. The standard InChI is InChI=1S/C32H35B3F3N7O6/c1-31(2,3)51-30(49)45(32(33,34)35)22-11-21(25-16(27(47)48)5-4-6-23(25)50-28(37)38)44-20-9-17(18(36)10-19(20)42-26(22)44)15-12-40-29(41-13-15)43-8-7-39-24(46)14-43/h4-6,9-10,12-13,21-22,28H,7-8,11,14,33-35H2,1-3H3,(H,39,46)(H,47,48)/t21?,22-/m1/s1. The van der Waals surface area contributed by atoms with Crippen molar-refractivity contribution in [2.24, 2.45) is 0 Å². The molecular formula is C32H35B3F3N7O6. The number of fused-ring (bicyclic) bond motifs is 3. The summed E-state index contributed by atoms with van der Waals surface area (Å²) in [7, 11) is 5.39. The minimum Gasteiger partial charge on any atom is -0.478 e. The molecule has 1 saturated heterocycles. The molecular weight excluding hydrogens is 668 g/mol. The van der Waals surface area contributed by atoms with Gasteiger partial charge in [-0.15, -0.1) is 0 Å².